The van der Waals surface area contributed by atoms with Crippen molar-refractivity contribution in [2.24, 2.45) is 0 Å². The topological polar surface area (TPSA) is 75.6 Å². The van der Waals surface area contributed by atoms with Gasteiger partial charge in [0.2, 0.25) is 0 Å². The highest BCUT2D eigenvalue weighted by Gasteiger charge is 2.26. The molecule has 1 unspecified atom stereocenters. The summed E-state index contributed by atoms with van der Waals surface area (Å²) in [7, 11) is 0. The van der Waals surface area contributed by atoms with E-state index >= 15 is 0 Å². The predicted octanol–water partition coefficient (Wildman–Crippen LogP) is 1.51. The molecule has 0 aliphatic carbocycles. The van der Waals surface area contributed by atoms with Crippen molar-refractivity contribution in [2.45, 2.75) is 38.8 Å². The van der Waals surface area contributed by atoms with Crippen LogP contribution in [0.15, 0.2) is 30.3 Å². The monoisotopic (exact) mass is 279 g/mol. The zero-order valence-electron chi connectivity index (χ0n) is 12.1. The van der Waals surface area contributed by atoms with Crippen LogP contribution in [0, 0.1) is 0 Å². The van der Waals surface area contributed by atoms with Gasteiger partial charge in [-0.15, -0.1) is 0 Å². The molecule has 0 saturated heterocycles. The van der Waals surface area contributed by atoms with E-state index in [1.165, 1.54) is 0 Å². The van der Waals surface area contributed by atoms with Crippen LogP contribution < -0.4 is 5.32 Å². The van der Waals surface area contributed by atoms with E-state index in [4.69, 9.17) is 9.84 Å². The summed E-state index contributed by atoms with van der Waals surface area (Å²) in [5.74, 6) is -0.911. The number of esters is 1. The predicted molar refractivity (Wildman–Crippen MR) is 75.2 cm³/mol. The molecule has 1 atom stereocenters. The summed E-state index contributed by atoms with van der Waals surface area (Å²) in [5, 5.41) is 11.6. The minimum Gasteiger partial charge on any atom is -0.458 e. The highest BCUT2D eigenvalue weighted by molar-refractivity contribution is 5.96. The Morgan fingerprint density at radius 1 is 1.25 bits per heavy atom. The average Bonchev–Trinajstić information content (AvgIpc) is 2.37. The number of aliphatic hydroxyl groups is 1. The Bertz CT molecular complexity index is 451. The van der Waals surface area contributed by atoms with Gasteiger partial charge < -0.3 is 15.2 Å². The zero-order chi connectivity index (χ0) is 15.2. The smallest absolute Gasteiger partial charge is 0.329 e. The lowest BCUT2D eigenvalue weighted by Gasteiger charge is -2.24. The first kappa shape index (κ1) is 16.2. The molecule has 1 aromatic carbocycles. The van der Waals surface area contributed by atoms with Gasteiger partial charge in [0.05, 0.1) is 0 Å². The number of nitrogens with one attached hydrogen (secondary N) is 1. The van der Waals surface area contributed by atoms with Crippen LogP contribution in [0.3, 0.4) is 0 Å². The van der Waals surface area contributed by atoms with Crippen molar-refractivity contribution in [1.82, 2.24) is 5.32 Å². The number of carbonyl (C=O) groups excluding carboxylic acids is 2. The van der Waals surface area contributed by atoms with Crippen LogP contribution in [0.5, 0.6) is 0 Å². The van der Waals surface area contributed by atoms with Gasteiger partial charge >= 0.3 is 5.97 Å². The van der Waals surface area contributed by atoms with Gasteiger partial charge in [0.15, 0.2) is 0 Å². The van der Waals surface area contributed by atoms with Crippen LogP contribution >= 0.6 is 0 Å². The van der Waals surface area contributed by atoms with E-state index < -0.39 is 17.6 Å². The number of carbonyl (C=O) groups is 2. The molecule has 5 heteroatoms. The second kappa shape index (κ2) is 7.05. The van der Waals surface area contributed by atoms with Gasteiger partial charge in [-0.3, -0.25) is 4.79 Å². The van der Waals surface area contributed by atoms with Gasteiger partial charge in [-0.2, -0.15) is 0 Å². The summed E-state index contributed by atoms with van der Waals surface area (Å²) in [4.78, 5) is 24.0. The Labute approximate surface area is 118 Å². The molecular formula is C15H21NO4. The highest BCUT2D eigenvalue weighted by Crippen LogP contribution is 2.10. The first-order valence-corrected chi connectivity index (χ1v) is 6.53. The van der Waals surface area contributed by atoms with Crippen LogP contribution in [-0.2, 0) is 9.53 Å². The van der Waals surface area contributed by atoms with Crippen molar-refractivity contribution in [3.05, 3.63) is 35.9 Å². The summed E-state index contributed by atoms with van der Waals surface area (Å²) in [5.41, 5.74) is -0.179. The van der Waals surface area contributed by atoms with Gasteiger partial charge in [-0.1, -0.05) is 18.2 Å². The number of ether oxygens (including phenoxy) is 1. The molecule has 0 aliphatic rings. The lowest BCUT2D eigenvalue weighted by molar-refractivity contribution is -0.157. The van der Waals surface area contributed by atoms with Gasteiger partial charge in [0, 0.05) is 18.6 Å². The maximum absolute atomic E-state index is 12.0. The second-order valence-electron chi connectivity index (χ2n) is 5.44. The number of aliphatic hydroxyl groups excluding tert-OH is 1. The van der Waals surface area contributed by atoms with Gasteiger partial charge in [-0.05, 0) is 32.9 Å². The minimum atomic E-state index is -0.855. The molecule has 0 aliphatic heterocycles. The lowest BCUT2D eigenvalue weighted by atomic mass is 10.1. The van der Waals surface area contributed by atoms with Crippen LogP contribution in [0.4, 0.5) is 0 Å². The third-order valence-electron chi connectivity index (χ3n) is 2.45. The van der Waals surface area contributed by atoms with E-state index in [0.29, 0.717) is 5.56 Å². The van der Waals surface area contributed by atoms with E-state index in [0.717, 1.165) is 0 Å². The molecule has 0 fully saturated rings. The van der Waals surface area contributed by atoms with E-state index in [1.54, 1.807) is 51.1 Å². The quantitative estimate of drug-likeness (QED) is 0.801. The summed E-state index contributed by atoms with van der Waals surface area (Å²) >= 11 is 0. The maximum atomic E-state index is 12.0. The highest BCUT2D eigenvalue weighted by atomic mass is 16.6. The molecule has 20 heavy (non-hydrogen) atoms. The SMILES string of the molecule is CC(C)(C)OC(=O)C(CCO)NC(=O)c1ccccc1. The van der Waals surface area contributed by atoms with Crippen molar-refractivity contribution in [3.8, 4) is 0 Å². The van der Waals surface area contributed by atoms with Crippen molar-refractivity contribution in [2.75, 3.05) is 6.61 Å². The van der Waals surface area contributed by atoms with Crippen LogP contribution in [0.1, 0.15) is 37.6 Å². The summed E-state index contributed by atoms with van der Waals surface area (Å²) in [6, 6.07) is 7.73. The summed E-state index contributed by atoms with van der Waals surface area (Å²) < 4.78 is 5.22. The molecule has 0 saturated carbocycles. The molecule has 5 nitrogen and oxygen atoms in total. The molecule has 1 rings (SSSR count). The molecule has 0 heterocycles. The Morgan fingerprint density at radius 3 is 2.35 bits per heavy atom. The fraction of sp³-hybridized carbons (Fsp3) is 0.467. The standard InChI is InChI=1S/C15H21NO4/c1-15(2,3)20-14(19)12(9-10-17)16-13(18)11-7-5-4-6-8-11/h4-8,12,17H,9-10H2,1-3H3,(H,16,18). The molecule has 2 N–H and O–H groups in total. The number of amides is 1. The summed E-state index contributed by atoms with van der Waals surface area (Å²) in [6.45, 7) is 5.04. The molecular weight excluding hydrogens is 258 g/mol. The first-order valence-electron chi connectivity index (χ1n) is 6.53. The maximum Gasteiger partial charge on any atom is 0.329 e. The molecule has 1 amide bonds. The van der Waals surface area contributed by atoms with E-state index in [9.17, 15) is 9.59 Å². The first-order chi connectivity index (χ1) is 9.33. The Hall–Kier alpha value is -1.88. The lowest BCUT2D eigenvalue weighted by Crippen LogP contribution is -2.44. The fourth-order valence-electron chi connectivity index (χ4n) is 1.58. The molecule has 0 bridgehead atoms. The number of rotatable bonds is 5. The van der Waals surface area contributed by atoms with Gasteiger partial charge in [0.25, 0.3) is 5.91 Å². The molecule has 0 aromatic heterocycles. The Morgan fingerprint density at radius 2 is 1.85 bits per heavy atom. The van der Waals surface area contributed by atoms with Crippen molar-refractivity contribution in [3.63, 3.8) is 0 Å². The molecule has 0 spiro atoms. The van der Waals surface area contributed by atoms with Crippen molar-refractivity contribution in [1.29, 1.82) is 0 Å². The van der Waals surface area contributed by atoms with Crippen molar-refractivity contribution >= 4 is 11.9 Å². The molecule has 1 aromatic rings. The Balaban J connectivity index is 2.72. The Kier molecular flexibility index (Phi) is 5.70. The number of hydrogen-bond donors (Lipinski definition) is 2. The summed E-state index contributed by atoms with van der Waals surface area (Å²) in [6.07, 6.45) is 0.119. The molecule has 110 valence electrons. The van der Waals surface area contributed by atoms with Crippen LogP contribution in [0.25, 0.3) is 0 Å². The largest absolute Gasteiger partial charge is 0.458 e. The van der Waals surface area contributed by atoms with E-state index in [-0.39, 0.29) is 18.9 Å². The average molecular weight is 279 g/mol. The molecule has 0 radical (unpaired) electrons. The van der Waals surface area contributed by atoms with Crippen LogP contribution in [-0.4, -0.2) is 35.2 Å². The second-order valence-corrected chi connectivity index (χ2v) is 5.44. The van der Waals surface area contributed by atoms with E-state index in [2.05, 4.69) is 5.32 Å². The number of hydrogen-bond acceptors (Lipinski definition) is 4. The minimum absolute atomic E-state index is 0.119. The van der Waals surface area contributed by atoms with Crippen molar-refractivity contribution < 1.29 is 19.4 Å². The fourth-order valence-corrected chi connectivity index (χ4v) is 1.58. The number of benzene rings is 1. The third kappa shape index (κ3) is 5.40. The van der Waals surface area contributed by atoms with Gasteiger partial charge in [0.1, 0.15) is 11.6 Å². The zero-order valence-corrected chi connectivity index (χ0v) is 12.1. The van der Waals surface area contributed by atoms with Crippen LogP contribution in [0.2, 0.25) is 0 Å². The van der Waals surface area contributed by atoms with E-state index in [1.807, 2.05) is 0 Å². The van der Waals surface area contributed by atoms with Gasteiger partial charge in [-0.25, -0.2) is 4.79 Å². The third-order valence-corrected chi connectivity index (χ3v) is 2.45. The normalized spacial score (nSPS) is 12.6.